The Hall–Kier alpha value is -3.49. The van der Waals surface area contributed by atoms with Gasteiger partial charge in [-0.2, -0.15) is 0 Å². The standard InChI is InChI=1S/C16H16N6O3/c23-13(17-8-9-20-15-18-6-3-7-19-15)10-22-14(24)11-4-1-2-5-12(11)21-16(22)25/h1-7H,8-10H2,(H,17,23)(H,21,25)(H,18,19,20). The highest BCUT2D eigenvalue weighted by atomic mass is 16.2. The molecule has 25 heavy (non-hydrogen) atoms. The molecule has 3 rings (SSSR count). The van der Waals surface area contributed by atoms with Crippen molar-refractivity contribution < 1.29 is 4.79 Å². The number of anilines is 1. The fourth-order valence-electron chi connectivity index (χ4n) is 2.31. The maximum absolute atomic E-state index is 12.3. The first-order valence-corrected chi connectivity index (χ1v) is 7.64. The number of carbonyl (C=O) groups excluding carboxylic acids is 1. The van der Waals surface area contributed by atoms with Crippen molar-refractivity contribution in [1.29, 1.82) is 0 Å². The summed E-state index contributed by atoms with van der Waals surface area (Å²) >= 11 is 0. The van der Waals surface area contributed by atoms with Gasteiger partial charge in [0.25, 0.3) is 5.56 Å². The summed E-state index contributed by atoms with van der Waals surface area (Å²) in [5, 5.41) is 5.93. The number of hydrogen-bond acceptors (Lipinski definition) is 6. The summed E-state index contributed by atoms with van der Waals surface area (Å²) in [4.78, 5) is 46.9. The monoisotopic (exact) mass is 340 g/mol. The average Bonchev–Trinajstić information content (AvgIpc) is 2.63. The molecule has 0 spiro atoms. The summed E-state index contributed by atoms with van der Waals surface area (Å²) in [5.41, 5.74) is -0.666. The van der Waals surface area contributed by atoms with Crippen LogP contribution in [0, 0.1) is 0 Å². The molecule has 0 aliphatic rings. The summed E-state index contributed by atoms with van der Waals surface area (Å²) in [7, 11) is 0. The summed E-state index contributed by atoms with van der Waals surface area (Å²) in [6, 6.07) is 8.36. The van der Waals surface area contributed by atoms with Crippen LogP contribution in [0.15, 0.2) is 52.3 Å². The number of hydrogen-bond donors (Lipinski definition) is 3. The second-order valence-electron chi connectivity index (χ2n) is 5.22. The summed E-state index contributed by atoms with van der Waals surface area (Å²) in [5.74, 6) is 0.0256. The molecule has 0 atom stereocenters. The number of H-pyrrole nitrogens is 1. The third-order valence-corrected chi connectivity index (χ3v) is 3.49. The molecule has 9 nitrogen and oxygen atoms in total. The third kappa shape index (κ3) is 3.89. The number of aromatic amines is 1. The van der Waals surface area contributed by atoms with Crippen molar-refractivity contribution in [2.24, 2.45) is 0 Å². The Balaban J connectivity index is 1.60. The quantitative estimate of drug-likeness (QED) is 0.530. The van der Waals surface area contributed by atoms with Gasteiger partial charge in [0.2, 0.25) is 11.9 Å². The Morgan fingerprint density at radius 3 is 2.64 bits per heavy atom. The lowest BCUT2D eigenvalue weighted by Crippen LogP contribution is -2.41. The molecule has 0 fully saturated rings. The van der Waals surface area contributed by atoms with Gasteiger partial charge in [0, 0.05) is 25.5 Å². The third-order valence-electron chi connectivity index (χ3n) is 3.49. The minimum Gasteiger partial charge on any atom is -0.353 e. The number of aromatic nitrogens is 4. The van der Waals surface area contributed by atoms with Gasteiger partial charge in [-0.15, -0.1) is 0 Å². The molecule has 0 saturated carbocycles. The number of nitrogens with one attached hydrogen (secondary N) is 3. The second kappa shape index (κ2) is 7.39. The number of benzene rings is 1. The molecule has 1 aromatic carbocycles. The molecule has 9 heteroatoms. The van der Waals surface area contributed by atoms with Gasteiger partial charge >= 0.3 is 5.69 Å². The number of nitrogens with zero attached hydrogens (tertiary/aromatic N) is 3. The zero-order valence-electron chi connectivity index (χ0n) is 13.2. The van der Waals surface area contributed by atoms with Crippen LogP contribution in [0.2, 0.25) is 0 Å². The van der Waals surface area contributed by atoms with E-state index in [1.807, 2.05) is 0 Å². The van der Waals surface area contributed by atoms with Gasteiger partial charge in [0.05, 0.1) is 10.9 Å². The maximum atomic E-state index is 12.3. The van der Waals surface area contributed by atoms with Crippen LogP contribution in [0.4, 0.5) is 5.95 Å². The minimum absolute atomic E-state index is 0.303. The number of amides is 1. The zero-order chi connectivity index (χ0) is 17.6. The van der Waals surface area contributed by atoms with E-state index in [0.29, 0.717) is 29.9 Å². The zero-order valence-corrected chi connectivity index (χ0v) is 13.2. The topological polar surface area (TPSA) is 122 Å². The van der Waals surface area contributed by atoms with Gasteiger partial charge in [0.1, 0.15) is 6.54 Å². The predicted molar refractivity (Wildman–Crippen MR) is 92.4 cm³/mol. The first-order chi connectivity index (χ1) is 12.1. The number of fused-ring (bicyclic) bond motifs is 1. The Kier molecular flexibility index (Phi) is 4.84. The Labute approximate surface area is 141 Å². The lowest BCUT2D eigenvalue weighted by molar-refractivity contribution is -0.121. The smallest absolute Gasteiger partial charge is 0.329 e. The van der Waals surface area contributed by atoms with E-state index in [9.17, 15) is 14.4 Å². The largest absolute Gasteiger partial charge is 0.353 e. The lowest BCUT2D eigenvalue weighted by atomic mass is 10.2. The molecule has 3 N–H and O–H groups in total. The van der Waals surface area contributed by atoms with Crippen LogP contribution in [-0.4, -0.2) is 38.5 Å². The highest BCUT2D eigenvalue weighted by Gasteiger charge is 2.10. The summed E-state index contributed by atoms with van der Waals surface area (Å²) < 4.78 is 0.880. The van der Waals surface area contributed by atoms with Crippen LogP contribution < -0.4 is 21.9 Å². The van der Waals surface area contributed by atoms with E-state index in [1.54, 1.807) is 42.7 Å². The Bertz CT molecular complexity index is 996. The van der Waals surface area contributed by atoms with Crippen molar-refractivity contribution in [3.8, 4) is 0 Å². The van der Waals surface area contributed by atoms with Gasteiger partial charge in [-0.1, -0.05) is 12.1 Å². The average molecular weight is 340 g/mol. The van der Waals surface area contributed by atoms with E-state index in [0.717, 1.165) is 4.57 Å². The molecule has 0 saturated heterocycles. The Morgan fingerprint density at radius 1 is 1.08 bits per heavy atom. The molecule has 2 heterocycles. The van der Waals surface area contributed by atoms with Crippen LogP contribution in [0.1, 0.15) is 0 Å². The second-order valence-corrected chi connectivity index (χ2v) is 5.22. The van der Waals surface area contributed by atoms with E-state index in [4.69, 9.17) is 0 Å². The molecule has 0 aliphatic heterocycles. The molecule has 2 aromatic heterocycles. The highest BCUT2D eigenvalue weighted by molar-refractivity contribution is 5.78. The molecular formula is C16H16N6O3. The van der Waals surface area contributed by atoms with E-state index >= 15 is 0 Å². The molecule has 0 aliphatic carbocycles. The van der Waals surface area contributed by atoms with Crippen LogP contribution >= 0.6 is 0 Å². The normalized spacial score (nSPS) is 10.6. The van der Waals surface area contributed by atoms with E-state index in [2.05, 4.69) is 25.6 Å². The van der Waals surface area contributed by atoms with Crippen LogP contribution in [-0.2, 0) is 11.3 Å². The molecule has 3 aromatic rings. The summed E-state index contributed by atoms with van der Waals surface area (Å²) in [6.45, 7) is 0.372. The van der Waals surface area contributed by atoms with E-state index in [-0.39, 0.29) is 6.54 Å². The molecule has 128 valence electrons. The Morgan fingerprint density at radius 2 is 1.84 bits per heavy atom. The van der Waals surface area contributed by atoms with Crippen LogP contribution in [0.3, 0.4) is 0 Å². The van der Waals surface area contributed by atoms with Gasteiger partial charge < -0.3 is 15.6 Å². The molecular weight excluding hydrogens is 324 g/mol. The summed E-state index contributed by atoms with van der Waals surface area (Å²) in [6.07, 6.45) is 3.21. The van der Waals surface area contributed by atoms with Gasteiger partial charge in [-0.05, 0) is 18.2 Å². The fourth-order valence-corrected chi connectivity index (χ4v) is 2.31. The van der Waals surface area contributed by atoms with Crippen molar-refractivity contribution in [3.63, 3.8) is 0 Å². The van der Waals surface area contributed by atoms with Gasteiger partial charge in [-0.25, -0.2) is 14.8 Å². The molecule has 0 bridgehead atoms. The van der Waals surface area contributed by atoms with Crippen molar-refractivity contribution in [2.75, 3.05) is 18.4 Å². The van der Waals surface area contributed by atoms with Crippen molar-refractivity contribution in [3.05, 3.63) is 63.6 Å². The predicted octanol–water partition coefficient (Wildman–Crippen LogP) is -0.292. The minimum atomic E-state index is -0.616. The number of carbonyl (C=O) groups is 1. The van der Waals surface area contributed by atoms with Crippen molar-refractivity contribution >= 4 is 22.8 Å². The van der Waals surface area contributed by atoms with Gasteiger partial charge in [-0.3, -0.25) is 14.2 Å². The fraction of sp³-hybridized carbons (Fsp3) is 0.188. The number of para-hydroxylation sites is 1. The maximum Gasteiger partial charge on any atom is 0.329 e. The SMILES string of the molecule is O=C(Cn1c(=O)[nH]c2ccccc2c1=O)NCCNc1ncccn1. The van der Waals surface area contributed by atoms with Crippen LogP contribution in [0.5, 0.6) is 0 Å². The van der Waals surface area contributed by atoms with Crippen molar-refractivity contribution in [1.82, 2.24) is 24.8 Å². The molecule has 0 radical (unpaired) electrons. The van der Waals surface area contributed by atoms with E-state index < -0.39 is 17.2 Å². The molecule has 0 unspecified atom stereocenters. The van der Waals surface area contributed by atoms with Gasteiger partial charge in [0.15, 0.2) is 0 Å². The first-order valence-electron chi connectivity index (χ1n) is 7.64. The lowest BCUT2D eigenvalue weighted by Gasteiger charge is -2.08. The number of rotatable bonds is 6. The van der Waals surface area contributed by atoms with E-state index in [1.165, 1.54) is 0 Å². The van der Waals surface area contributed by atoms with Crippen LogP contribution in [0.25, 0.3) is 10.9 Å². The van der Waals surface area contributed by atoms with Crippen molar-refractivity contribution in [2.45, 2.75) is 6.54 Å². The highest BCUT2D eigenvalue weighted by Crippen LogP contribution is 2.02. The molecule has 1 amide bonds. The first kappa shape index (κ1) is 16.4.